The third-order valence-corrected chi connectivity index (χ3v) is 5.51. The second-order valence-electron chi connectivity index (χ2n) is 6.19. The molecule has 2 N–H and O–H groups in total. The van der Waals surface area contributed by atoms with Gasteiger partial charge >= 0.3 is 0 Å². The first-order chi connectivity index (χ1) is 11.5. The number of fused-ring (bicyclic) bond motifs is 1. The van der Waals surface area contributed by atoms with E-state index in [-0.39, 0.29) is 17.7 Å². The Morgan fingerprint density at radius 3 is 3.08 bits per heavy atom. The summed E-state index contributed by atoms with van der Waals surface area (Å²) in [6.45, 7) is 5.34. The Morgan fingerprint density at radius 1 is 1.54 bits per heavy atom. The molecule has 1 fully saturated rings. The highest BCUT2D eigenvalue weighted by Gasteiger charge is 2.23. The van der Waals surface area contributed by atoms with E-state index in [1.165, 1.54) is 10.9 Å². The third kappa shape index (κ3) is 3.72. The zero-order valence-corrected chi connectivity index (χ0v) is 15.5. The van der Waals surface area contributed by atoms with Crippen molar-refractivity contribution in [3.05, 3.63) is 50.5 Å². The average molecular weight is 413 g/mol. The highest BCUT2D eigenvalue weighted by molar-refractivity contribution is 9.10. The van der Waals surface area contributed by atoms with Crippen LogP contribution < -0.4 is 10.9 Å². The van der Waals surface area contributed by atoms with E-state index in [9.17, 15) is 9.90 Å². The van der Waals surface area contributed by atoms with Gasteiger partial charge in [0.2, 0.25) is 0 Å². The van der Waals surface area contributed by atoms with Crippen LogP contribution in [-0.2, 0) is 6.54 Å². The van der Waals surface area contributed by atoms with E-state index in [0.29, 0.717) is 33.4 Å². The van der Waals surface area contributed by atoms with E-state index in [4.69, 9.17) is 11.6 Å². The highest BCUT2D eigenvalue weighted by atomic mass is 79.9. The van der Waals surface area contributed by atoms with Crippen LogP contribution in [0.4, 0.5) is 0 Å². The van der Waals surface area contributed by atoms with Crippen LogP contribution in [0.1, 0.15) is 19.3 Å². The number of hydrogen-bond acceptors (Lipinski definition) is 4. The highest BCUT2D eigenvalue weighted by Crippen LogP contribution is 2.25. The van der Waals surface area contributed by atoms with E-state index < -0.39 is 0 Å². The van der Waals surface area contributed by atoms with Crippen LogP contribution in [0.25, 0.3) is 10.9 Å². The predicted octanol–water partition coefficient (Wildman–Crippen LogP) is 2.87. The van der Waals surface area contributed by atoms with Crippen LogP contribution in [0.2, 0.25) is 5.02 Å². The largest absolute Gasteiger partial charge is 0.391 e. The number of rotatable bonds is 4. The fourth-order valence-corrected chi connectivity index (χ4v) is 3.52. The molecule has 0 unspecified atom stereocenters. The molecule has 1 aromatic heterocycles. The van der Waals surface area contributed by atoms with Crippen LogP contribution in [0.3, 0.4) is 0 Å². The minimum atomic E-state index is -0.363. The minimum Gasteiger partial charge on any atom is -0.391 e. The van der Waals surface area contributed by atoms with Gasteiger partial charge < -0.3 is 10.4 Å². The summed E-state index contributed by atoms with van der Waals surface area (Å²) >= 11 is 9.42. The first-order valence-corrected chi connectivity index (χ1v) is 9.05. The number of hydrogen-bond donors (Lipinski definition) is 2. The fourth-order valence-electron chi connectivity index (χ4n) is 3.03. The number of aliphatic hydroxyl groups excluding tert-OH is 1. The monoisotopic (exact) mass is 411 g/mol. The molecule has 5 nitrogen and oxygen atoms in total. The molecule has 2 aromatic rings. The maximum Gasteiger partial charge on any atom is 0.261 e. The Hall–Kier alpha value is -1.21. The Kier molecular flexibility index (Phi) is 5.39. The summed E-state index contributed by atoms with van der Waals surface area (Å²) in [6.07, 6.45) is 3.58. The summed E-state index contributed by atoms with van der Waals surface area (Å²) in [5, 5.41) is 14.3. The molecule has 0 aliphatic carbocycles. The summed E-state index contributed by atoms with van der Waals surface area (Å²) in [7, 11) is 0. The van der Waals surface area contributed by atoms with Gasteiger partial charge in [-0.15, -0.1) is 0 Å². The van der Waals surface area contributed by atoms with Gasteiger partial charge in [0.15, 0.2) is 0 Å². The molecule has 1 saturated heterocycles. The van der Waals surface area contributed by atoms with Gasteiger partial charge in [-0.2, -0.15) is 0 Å². The number of halogens is 2. The Balaban J connectivity index is 1.79. The maximum atomic E-state index is 12.6. The molecule has 24 heavy (non-hydrogen) atoms. The van der Waals surface area contributed by atoms with Crippen molar-refractivity contribution >= 4 is 38.4 Å². The number of aliphatic hydroxyl groups is 1. The van der Waals surface area contributed by atoms with Crippen molar-refractivity contribution in [2.45, 2.75) is 38.0 Å². The lowest BCUT2D eigenvalue weighted by Crippen LogP contribution is -2.45. The van der Waals surface area contributed by atoms with Gasteiger partial charge in [-0.3, -0.25) is 9.36 Å². The average Bonchev–Trinajstić information content (AvgIpc) is 2.54. The number of benzene rings is 1. The van der Waals surface area contributed by atoms with E-state index >= 15 is 0 Å². The Labute approximate surface area is 153 Å². The molecule has 3 rings (SSSR count). The van der Waals surface area contributed by atoms with Crippen molar-refractivity contribution in [1.82, 2.24) is 14.9 Å². The third-order valence-electron chi connectivity index (χ3n) is 4.32. The Bertz CT molecular complexity index is 836. The molecule has 0 radical (unpaired) electrons. The molecule has 128 valence electrons. The SMILES string of the molecule is C=C(C[C@H]1NCCC[C@@H]1O)Cn1cnc2cc(Br)c(Cl)cc2c1=O. The zero-order chi connectivity index (χ0) is 17.3. The molecular formula is C17H19BrClN3O2. The maximum absolute atomic E-state index is 12.6. The van der Waals surface area contributed by atoms with Crippen molar-refractivity contribution in [3.63, 3.8) is 0 Å². The van der Waals surface area contributed by atoms with Crippen LogP contribution >= 0.6 is 27.5 Å². The molecule has 0 saturated carbocycles. The van der Waals surface area contributed by atoms with E-state index in [2.05, 4.69) is 32.8 Å². The first kappa shape index (κ1) is 17.6. The summed E-state index contributed by atoms with van der Waals surface area (Å²) < 4.78 is 2.24. The van der Waals surface area contributed by atoms with Gasteiger partial charge in [-0.25, -0.2) is 4.98 Å². The Morgan fingerprint density at radius 2 is 2.33 bits per heavy atom. The van der Waals surface area contributed by atoms with E-state index in [1.54, 1.807) is 12.1 Å². The van der Waals surface area contributed by atoms with Crippen molar-refractivity contribution in [3.8, 4) is 0 Å². The van der Waals surface area contributed by atoms with Crippen LogP contribution in [-0.4, -0.2) is 33.3 Å². The fraction of sp³-hybridized carbons (Fsp3) is 0.412. The number of piperidine rings is 1. The van der Waals surface area contributed by atoms with Gasteiger partial charge in [0.1, 0.15) is 0 Å². The lowest BCUT2D eigenvalue weighted by molar-refractivity contribution is 0.0959. The summed E-state index contributed by atoms with van der Waals surface area (Å²) in [6, 6.07) is 3.36. The summed E-state index contributed by atoms with van der Waals surface area (Å²) in [4.78, 5) is 17.0. The predicted molar refractivity (Wildman–Crippen MR) is 99.5 cm³/mol. The lowest BCUT2D eigenvalue weighted by atomic mass is 9.95. The van der Waals surface area contributed by atoms with Crippen LogP contribution in [0.15, 0.2) is 39.9 Å². The second kappa shape index (κ2) is 7.35. The smallest absolute Gasteiger partial charge is 0.261 e. The quantitative estimate of drug-likeness (QED) is 0.758. The van der Waals surface area contributed by atoms with E-state index in [1.807, 2.05) is 0 Å². The van der Waals surface area contributed by atoms with Crippen molar-refractivity contribution < 1.29 is 5.11 Å². The van der Waals surface area contributed by atoms with Crippen molar-refractivity contribution in [1.29, 1.82) is 0 Å². The summed E-state index contributed by atoms with van der Waals surface area (Å²) in [5.41, 5.74) is 1.33. The first-order valence-electron chi connectivity index (χ1n) is 7.88. The number of nitrogens with one attached hydrogen (secondary N) is 1. The zero-order valence-electron chi connectivity index (χ0n) is 13.1. The standard InChI is InChI=1S/C17H19BrClN3O2/c1-10(5-15-16(23)3-2-4-20-15)8-22-9-21-14-7-12(18)13(19)6-11(14)17(22)24/h6-7,9,15-16,20,23H,1-5,8H2/t15-,16+/m1/s1. The van der Waals surface area contributed by atoms with Gasteiger partial charge in [-0.1, -0.05) is 23.8 Å². The second-order valence-corrected chi connectivity index (χ2v) is 7.45. The minimum absolute atomic E-state index is 0.000711. The van der Waals surface area contributed by atoms with E-state index in [0.717, 1.165) is 25.0 Å². The van der Waals surface area contributed by atoms with Crippen molar-refractivity contribution in [2.24, 2.45) is 0 Å². The molecular weight excluding hydrogens is 394 g/mol. The molecule has 7 heteroatoms. The molecule has 0 amide bonds. The molecule has 2 atom stereocenters. The number of nitrogens with zero attached hydrogens (tertiary/aromatic N) is 2. The molecule has 1 aliphatic rings. The molecule has 0 spiro atoms. The molecule has 2 heterocycles. The van der Waals surface area contributed by atoms with Crippen LogP contribution in [0, 0.1) is 0 Å². The normalized spacial score (nSPS) is 21.1. The molecule has 1 aromatic carbocycles. The van der Waals surface area contributed by atoms with Crippen molar-refractivity contribution in [2.75, 3.05) is 6.54 Å². The molecule has 1 aliphatic heterocycles. The van der Waals surface area contributed by atoms with Gasteiger partial charge in [-0.05, 0) is 53.9 Å². The topological polar surface area (TPSA) is 67.2 Å². The van der Waals surface area contributed by atoms with Gasteiger partial charge in [0.25, 0.3) is 5.56 Å². The molecule has 0 bridgehead atoms. The van der Waals surface area contributed by atoms with Gasteiger partial charge in [0.05, 0.1) is 28.4 Å². The van der Waals surface area contributed by atoms with Crippen LogP contribution in [0.5, 0.6) is 0 Å². The van der Waals surface area contributed by atoms with Gasteiger partial charge in [0, 0.05) is 17.1 Å². The lowest BCUT2D eigenvalue weighted by Gasteiger charge is -2.29. The number of aromatic nitrogens is 2. The summed E-state index contributed by atoms with van der Waals surface area (Å²) in [5.74, 6) is 0.